The Morgan fingerprint density at radius 3 is 2.89 bits per heavy atom. The topological polar surface area (TPSA) is 95.7 Å². The predicted octanol–water partition coefficient (Wildman–Crippen LogP) is -0.104. The Hall–Kier alpha value is -1.35. The molecule has 1 unspecified atom stereocenters. The number of primary amides is 1. The second-order valence-corrected chi connectivity index (χ2v) is 5.53. The van der Waals surface area contributed by atoms with Crippen molar-refractivity contribution in [3.63, 3.8) is 0 Å². The quantitative estimate of drug-likeness (QED) is 0.629. The van der Waals surface area contributed by atoms with E-state index in [4.69, 9.17) is 5.73 Å². The fourth-order valence-corrected chi connectivity index (χ4v) is 2.53. The predicted molar refractivity (Wildman–Crippen MR) is 77.7 cm³/mol. The van der Waals surface area contributed by atoms with Crippen molar-refractivity contribution in [3.05, 3.63) is 27.3 Å². The molecule has 2 amide bonds. The molecule has 1 aromatic carbocycles. The van der Waals surface area contributed by atoms with Crippen molar-refractivity contribution >= 4 is 34.4 Å². The molecule has 0 saturated carbocycles. The molecule has 1 aliphatic heterocycles. The van der Waals surface area contributed by atoms with Crippen LogP contribution in [-0.4, -0.2) is 47.5 Å². The van der Waals surface area contributed by atoms with E-state index in [1.807, 2.05) is 0 Å². The van der Waals surface area contributed by atoms with Crippen molar-refractivity contribution in [2.45, 2.75) is 6.04 Å². The van der Waals surface area contributed by atoms with Crippen molar-refractivity contribution in [2.24, 2.45) is 5.73 Å². The van der Waals surface area contributed by atoms with Crippen LogP contribution in [0.1, 0.15) is 10.4 Å². The lowest BCUT2D eigenvalue weighted by atomic mass is 10.1. The Kier molecular flexibility index (Phi) is 4.25. The fourth-order valence-electron chi connectivity index (χ4n) is 2.04. The van der Waals surface area contributed by atoms with Gasteiger partial charge in [-0.3, -0.25) is 9.59 Å². The van der Waals surface area contributed by atoms with Crippen molar-refractivity contribution in [1.82, 2.24) is 10.2 Å². The summed E-state index contributed by atoms with van der Waals surface area (Å²) in [7, 11) is 0. The molecule has 1 saturated heterocycles. The highest BCUT2D eigenvalue weighted by molar-refractivity contribution is 14.1. The first-order valence-corrected chi connectivity index (χ1v) is 6.88. The second kappa shape index (κ2) is 5.74. The maximum absolute atomic E-state index is 12.4. The standard InChI is InChI=1S/C12H14IN3O3/c13-7-1-2-10(17)8(5-7)12(19)16-4-3-15-6-9(16)11(14)18/h1-2,5,9,15,17H,3-4,6H2,(H2,14,18). The number of rotatable bonds is 2. The molecule has 19 heavy (non-hydrogen) atoms. The summed E-state index contributed by atoms with van der Waals surface area (Å²) in [5.74, 6) is -1.01. The van der Waals surface area contributed by atoms with Crippen molar-refractivity contribution in [2.75, 3.05) is 19.6 Å². The number of halogens is 1. The highest BCUT2D eigenvalue weighted by Crippen LogP contribution is 2.22. The lowest BCUT2D eigenvalue weighted by Gasteiger charge is -2.34. The second-order valence-electron chi connectivity index (χ2n) is 4.28. The van der Waals surface area contributed by atoms with Gasteiger partial charge in [-0.2, -0.15) is 0 Å². The minimum atomic E-state index is -0.682. The van der Waals surface area contributed by atoms with Crippen LogP contribution in [0, 0.1) is 3.57 Å². The summed E-state index contributed by atoms with van der Waals surface area (Å²) >= 11 is 2.06. The van der Waals surface area contributed by atoms with Crippen molar-refractivity contribution in [3.8, 4) is 5.75 Å². The van der Waals surface area contributed by atoms with Gasteiger partial charge in [-0.15, -0.1) is 0 Å². The number of piperazine rings is 1. The minimum absolute atomic E-state index is 0.0906. The highest BCUT2D eigenvalue weighted by Gasteiger charge is 2.32. The summed E-state index contributed by atoms with van der Waals surface area (Å²) in [5, 5.41) is 12.8. The summed E-state index contributed by atoms with van der Waals surface area (Å²) in [6.07, 6.45) is 0. The van der Waals surface area contributed by atoms with Crippen LogP contribution in [0.3, 0.4) is 0 Å². The monoisotopic (exact) mass is 375 g/mol. The van der Waals surface area contributed by atoms with Gasteiger partial charge in [-0.1, -0.05) is 0 Å². The van der Waals surface area contributed by atoms with Crippen LogP contribution < -0.4 is 11.1 Å². The molecule has 1 heterocycles. The molecular formula is C12H14IN3O3. The maximum atomic E-state index is 12.4. The number of amides is 2. The fraction of sp³-hybridized carbons (Fsp3) is 0.333. The maximum Gasteiger partial charge on any atom is 0.258 e. The zero-order valence-corrected chi connectivity index (χ0v) is 12.3. The first-order valence-electron chi connectivity index (χ1n) is 5.80. The summed E-state index contributed by atoms with van der Waals surface area (Å²) < 4.78 is 0.838. The van der Waals surface area contributed by atoms with Crippen LogP contribution in [0.5, 0.6) is 5.75 Å². The average Bonchev–Trinajstić information content (AvgIpc) is 2.40. The summed E-state index contributed by atoms with van der Waals surface area (Å²) in [4.78, 5) is 25.2. The van der Waals surface area contributed by atoms with Gasteiger partial charge < -0.3 is 21.1 Å². The molecular weight excluding hydrogens is 361 g/mol. The number of benzene rings is 1. The van der Waals surface area contributed by atoms with Crippen LogP contribution >= 0.6 is 22.6 Å². The molecule has 2 rings (SSSR count). The Balaban J connectivity index is 2.31. The zero-order valence-electron chi connectivity index (χ0n) is 10.1. The molecule has 0 bridgehead atoms. The number of aromatic hydroxyl groups is 1. The smallest absolute Gasteiger partial charge is 0.258 e. The third kappa shape index (κ3) is 2.98. The van der Waals surface area contributed by atoms with Gasteiger partial charge in [-0.05, 0) is 40.8 Å². The number of nitrogens with two attached hydrogens (primary N) is 1. The van der Waals surface area contributed by atoms with Gasteiger partial charge in [0.15, 0.2) is 0 Å². The number of carbonyl (C=O) groups excluding carboxylic acids is 2. The molecule has 0 aliphatic carbocycles. The summed E-state index contributed by atoms with van der Waals surface area (Å²) in [5.41, 5.74) is 5.50. The van der Waals surface area contributed by atoms with E-state index >= 15 is 0 Å². The van der Waals surface area contributed by atoms with Gasteiger partial charge in [-0.25, -0.2) is 0 Å². The summed E-state index contributed by atoms with van der Waals surface area (Å²) in [6.45, 7) is 1.32. The average molecular weight is 375 g/mol. The van der Waals surface area contributed by atoms with Crippen LogP contribution in [0.4, 0.5) is 0 Å². The lowest BCUT2D eigenvalue weighted by Crippen LogP contribution is -2.58. The van der Waals surface area contributed by atoms with Gasteiger partial charge in [0.2, 0.25) is 5.91 Å². The number of phenols is 1. The van der Waals surface area contributed by atoms with Crippen molar-refractivity contribution in [1.29, 1.82) is 0 Å². The van der Waals surface area contributed by atoms with E-state index in [9.17, 15) is 14.7 Å². The molecule has 4 N–H and O–H groups in total. The Morgan fingerprint density at radius 2 is 2.21 bits per heavy atom. The van der Waals surface area contributed by atoms with E-state index in [1.165, 1.54) is 11.0 Å². The highest BCUT2D eigenvalue weighted by atomic mass is 127. The van der Waals surface area contributed by atoms with E-state index < -0.39 is 11.9 Å². The van der Waals surface area contributed by atoms with Crippen LogP contribution in [0.2, 0.25) is 0 Å². The summed E-state index contributed by atoms with van der Waals surface area (Å²) in [6, 6.07) is 4.09. The van der Waals surface area contributed by atoms with Gasteiger partial charge in [0, 0.05) is 23.2 Å². The Bertz CT molecular complexity index is 521. The molecule has 1 atom stereocenters. The number of nitrogens with one attached hydrogen (secondary N) is 1. The SMILES string of the molecule is NC(=O)C1CNCCN1C(=O)c1cc(I)ccc1O. The van der Waals surface area contributed by atoms with Gasteiger partial charge >= 0.3 is 0 Å². The van der Waals surface area contributed by atoms with Crippen LogP contribution in [0.15, 0.2) is 18.2 Å². The zero-order chi connectivity index (χ0) is 14.0. The van der Waals surface area contributed by atoms with Gasteiger partial charge in [0.25, 0.3) is 5.91 Å². The normalized spacial score (nSPS) is 19.2. The number of hydrogen-bond donors (Lipinski definition) is 3. The number of nitrogens with zero attached hydrogens (tertiary/aromatic N) is 1. The number of hydrogen-bond acceptors (Lipinski definition) is 4. The molecule has 0 spiro atoms. The minimum Gasteiger partial charge on any atom is -0.507 e. The molecule has 0 aromatic heterocycles. The number of phenolic OH excluding ortho intramolecular Hbond substituents is 1. The van der Waals surface area contributed by atoms with Crippen molar-refractivity contribution < 1.29 is 14.7 Å². The molecule has 1 aliphatic rings. The van der Waals surface area contributed by atoms with E-state index in [-0.39, 0.29) is 17.2 Å². The van der Waals surface area contributed by atoms with Gasteiger partial charge in [0.1, 0.15) is 11.8 Å². The molecule has 6 nitrogen and oxygen atoms in total. The first-order chi connectivity index (χ1) is 9.00. The molecule has 102 valence electrons. The van der Waals surface area contributed by atoms with E-state index in [2.05, 4.69) is 27.9 Å². The largest absolute Gasteiger partial charge is 0.507 e. The van der Waals surface area contributed by atoms with E-state index in [0.717, 1.165) is 3.57 Å². The first kappa shape index (κ1) is 14.1. The van der Waals surface area contributed by atoms with Gasteiger partial charge in [0.05, 0.1) is 5.56 Å². The molecule has 1 aromatic rings. The molecule has 1 fully saturated rings. The van der Waals surface area contributed by atoms with Crippen LogP contribution in [0.25, 0.3) is 0 Å². The Morgan fingerprint density at radius 1 is 1.47 bits per heavy atom. The lowest BCUT2D eigenvalue weighted by molar-refractivity contribution is -0.122. The Labute approximate surface area is 124 Å². The van der Waals surface area contributed by atoms with E-state index in [1.54, 1.807) is 12.1 Å². The molecule has 0 radical (unpaired) electrons. The third-order valence-electron chi connectivity index (χ3n) is 3.02. The molecule has 7 heteroatoms. The van der Waals surface area contributed by atoms with Crippen LogP contribution in [-0.2, 0) is 4.79 Å². The van der Waals surface area contributed by atoms with E-state index in [0.29, 0.717) is 19.6 Å². The number of carbonyl (C=O) groups is 2. The third-order valence-corrected chi connectivity index (χ3v) is 3.69.